The van der Waals surface area contributed by atoms with Gasteiger partial charge in [0.2, 0.25) is 0 Å². The number of rotatable bonds is 5. The molecule has 0 radical (unpaired) electrons. The number of aromatic hydroxyl groups is 1. The van der Waals surface area contributed by atoms with Crippen molar-refractivity contribution in [2.75, 3.05) is 18.9 Å². The second-order valence-electron chi connectivity index (χ2n) is 6.82. The minimum atomic E-state index is -0.0193. The largest absolute Gasteiger partial charge is 0.506 e. The van der Waals surface area contributed by atoms with Crippen molar-refractivity contribution in [3.05, 3.63) is 71.1 Å². The normalized spacial score (nSPS) is 18.4. The van der Waals surface area contributed by atoms with Gasteiger partial charge in [0.1, 0.15) is 5.75 Å². The minimum Gasteiger partial charge on any atom is -0.506 e. The van der Waals surface area contributed by atoms with E-state index in [1.807, 2.05) is 38.2 Å². The van der Waals surface area contributed by atoms with E-state index in [4.69, 9.17) is 11.1 Å². The number of benzene rings is 2. The Bertz CT molecular complexity index is 928. The number of phenolic OH excluding ortho intramolecular Hbond substituents is 1. The molecule has 1 atom stereocenters. The van der Waals surface area contributed by atoms with E-state index in [-0.39, 0.29) is 11.8 Å². The summed E-state index contributed by atoms with van der Waals surface area (Å²) >= 11 is 0. The second kappa shape index (κ2) is 8.52. The molecule has 1 heterocycles. The van der Waals surface area contributed by atoms with E-state index in [1.54, 1.807) is 18.3 Å². The molecule has 0 bridgehead atoms. The highest BCUT2D eigenvalue weighted by Gasteiger charge is 2.23. The van der Waals surface area contributed by atoms with Gasteiger partial charge >= 0.3 is 0 Å². The van der Waals surface area contributed by atoms with E-state index in [2.05, 4.69) is 22.0 Å². The Kier molecular flexibility index (Phi) is 5.89. The number of para-hydroxylation sites is 2. The molecule has 0 saturated heterocycles. The predicted octanol–water partition coefficient (Wildman–Crippen LogP) is 3.40. The van der Waals surface area contributed by atoms with Crippen LogP contribution in [0.3, 0.4) is 0 Å². The lowest BCUT2D eigenvalue weighted by molar-refractivity contribution is 0.476. The van der Waals surface area contributed by atoms with E-state index in [9.17, 15) is 5.11 Å². The number of allylic oxidation sites excluding steroid dienone is 2. The Morgan fingerprint density at radius 1 is 1.29 bits per heavy atom. The average molecular weight is 377 g/mol. The van der Waals surface area contributed by atoms with Gasteiger partial charge in [-0.3, -0.25) is 0 Å². The van der Waals surface area contributed by atoms with Crippen LogP contribution in [0.5, 0.6) is 5.75 Å². The number of fused-ring (bicyclic) bond motifs is 1. The molecule has 2 aromatic carbocycles. The second-order valence-corrected chi connectivity index (χ2v) is 6.82. The van der Waals surface area contributed by atoms with Crippen LogP contribution in [-0.4, -0.2) is 24.9 Å². The molecule has 0 spiro atoms. The van der Waals surface area contributed by atoms with Gasteiger partial charge in [-0.2, -0.15) is 0 Å². The van der Waals surface area contributed by atoms with Crippen LogP contribution in [0.15, 0.2) is 54.4 Å². The summed E-state index contributed by atoms with van der Waals surface area (Å²) in [6.07, 6.45) is 3.96. The first kappa shape index (κ1) is 19.4. The van der Waals surface area contributed by atoms with Crippen molar-refractivity contribution in [1.82, 2.24) is 10.6 Å². The first-order valence-electron chi connectivity index (χ1n) is 9.32. The molecule has 146 valence electrons. The molecular weight excluding hydrogens is 350 g/mol. The maximum Gasteiger partial charge on any atom is 0.138 e. The van der Waals surface area contributed by atoms with Gasteiger partial charge < -0.3 is 32.2 Å². The van der Waals surface area contributed by atoms with Crippen LogP contribution >= 0.6 is 0 Å². The SMILES string of the molecule is CN/C=C(\C=N)c1ccc2c(c1)C(Nc1ccccc1O)CCN/C2=C(/C)N. The maximum atomic E-state index is 10.2. The molecule has 0 fully saturated rings. The third-order valence-corrected chi connectivity index (χ3v) is 4.85. The predicted molar refractivity (Wildman–Crippen MR) is 116 cm³/mol. The lowest BCUT2D eigenvalue weighted by Gasteiger charge is -2.22. The number of hydrogen-bond donors (Lipinski definition) is 6. The van der Waals surface area contributed by atoms with Crippen LogP contribution in [0, 0.1) is 5.41 Å². The molecule has 1 aliphatic heterocycles. The maximum absolute atomic E-state index is 10.2. The Balaban J connectivity index is 2.12. The molecule has 0 amide bonds. The van der Waals surface area contributed by atoms with Crippen LogP contribution in [0.4, 0.5) is 5.69 Å². The van der Waals surface area contributed by atoms with Crippen LogP contribution < -0.4 is 21.7 Å². The molecular formula is C22H27N5O. The zero-order valence-electron chi connectivity index (χ0n) is 16.2. The zero-order valence-corrected chi connectivity index (χ0v) is 16.2. The third kappa shape index (κ3) is 3.96. The molecule has 0 aromatic heterocycles. The number of phenols is 1. The van der Waals surface area contributed by atoms with Gasteiger partial charge in [-0.1, -0.05) is 24.3 Å². The lowest BCUT2D eigenvalue weighted by Crippen LogP contribution is -2.16. The minimum absolute atomic E-state index is 0.0193. The number of nitrogens with one attached hydrogen (secondary N) is 4. The Hall–Kier alpha value is -3.41. The molecule has 7 N–H and O–H groups in total. The van der Waals surface area contributed by atoms with E-state index in [0.717, 1.165) is 46.6 Å². The summed E-state index contributed by atoms with van der Waals surface area (Å²) in [5.41, 5.74) is 12.3. The third-order valence-electron chi connectivity index (χ3n) is 4.85. The Labute approximate surface area is 165 Å². The molecule has 28 heavy (non-hydrogen) atoms. The average Bonchev–Trinajstić information content (AvgIpc) is 2.87. The number of hydrogen-bond acceptors (Lipinski definition) is 6. The summed E-state index contributed by atoms with van der Waals surface area (Å²) < 4.78 is 0. The fourth-order valence-corrected chi connectivity index (χ4v) is 3.50. The van der Waals surface area contributed by atoms with E-state index < -0.39 is 0 Å². The van der Waals surface area contributed by atoms with Crippen molar-refractivity contribution >= 4 is 23.2 Å². The molecule has 3 rings (SSSR count). The van der Waals surface area contributed by atoms with Crippen molar-refractivity contribution in [3.63, 3.8) is 0 Å². The highest BCUT2D eigenvalue weighted by Crippen LogP contribution is 2.35. The summed E-state index contributed by atoms with van der Waals surface area (Å²) in [7, 11) is 1.82. The lowest BCUT2D eigenvalue weighted by atomic mass is 9.92. The molecule has 6 heteroatoms. The van der Waals surface area contributed by atoms with Crippen LogP contribution in [0.25, 0.3) is 11.3 Å². The van der Waals surface area contributed by atoms with Crippen LogP contribution in [-0.2, 0) is 0 Å². The monoisotopic (exact) mass is 377 g/mol. The molecule has 0 aliphatic carbocycles. The number of anilines is 1. The standard InChI is InChI=1S/C22H27N5O/c1-14(24)22-17-8-7-15(16(12-23)13-25-2)11-18(17)19(9-10-26-22)27-20-5-3-4-6-21(20)28/h3-8,11-13,19,23,25-28H,9-10,24H2,1-2H3/b16-13+,22-14-,23-12?. The summed E-state index contributed by atoms with van der Waals surface area (Å²) in [5.74, 6) is 0.221. The smallest absolute Gasteiger partial charge is 0.138 e. The summed E-state index contributed by atoms with van der Waals surface area (Å²) in [6, 6.07) is 13.4. The van der Waals surface area contributed by atoms with Crippen molar-refractivity contribution in [1.29, 1.82) is 5.41 Å². The highest BCUT2D eigenvalue weighted by atomic mass is 16.3. The summed E-state index contributed by atoms with van der Waals surface area (Å²) in [5, 5.41) is 27.8. The fraction of sp³-hybridized carbons (Fsp3) is 0.227. The van der Waals surface area contributed by atoms with Crippen LogP contribution in [0.2, 0.25) is 0 Å². The van der Waals surface area contributed by atoms with E-state index in [0.29, 0.717) is 5.69 Å². The Morgan fingerprint density at radius 3 is 2.75 bits per heavy atom. The zero-order chi connectivity index (χ0) is 20.1. The molecule has 1 aliphatic rings. The summed E-state index contributed by atoms with van der Waals surface area (Å²) in [6.45, 7) is 2.64. The van der Waals surface area contributed by atoms with Gasteiger partial charge in [-0.15, -0.1) is 0 Å². The molecule has 6 nitrogen and oxygen atoms in total. The van der Waals surface area contributed by atoms with E-state index >= 15 is 0 Å². The van der Waals surface area contributed by atoms with Crippen LogP contribution in [0.1, 0.15) is 36.1 Å². The first-order chi connectivity index (χ1) is 13.5. The van der Waals surface area contributed by atoms with Crippen molar-refractivity contribution in [2.24, 2.45) is 5.73 Å². The topological polar surface area (TPSA) is 106 Å². The summed E-state index contributed by atoms with van der Waals surface area (Å²) in [4.78, 5) is 0. The van der Waals surface area contributed by atoms with Crippen molar-refractivity contribution < 1.29 is 5.11 Å². The fourth-order valence-electron chi connectivity index (χ4n) is 3.50. The Morgan fingerprint density at radius 2 is 2.07 bits per heavy atom. The van der Waals surface area contributed by atoms with Crippen molar-refractivity contribution in [2.45, 2.75) is 19.4 Å². The van der Waals surface area contributed by atoms with Gasteiger partial charge in [-0.25, -0.2) is 0 Å². The molecule has 0 saturated carbocycles. The van der Waals surface area contributed by atoms with Gasteiger partial charge in [0.25, 0.3) is 0 Å². The molecule has 1 unspecified atom stereocenters. The van der Waals surface area contributed by atoms with Gasteiger partial charge in [0.15, 0.2) is 0 Å². The first-order valence-corrected chi connectivity index (χ1v) is 9.32. The number of nitrogens with two attached hydrogens (primary N) is 1. The quantitative estimate of drug-likeness (QED) is 0.354. The van der Waals surface area contributed by atoms with Gasteiger partial charge in [-0.05, 0) is 42.7 Å². The molecule has 2 aromatic rings. The van der Waals surface area contributed by atoms with Gasteiger partial charge in [0.05, 0.1) is 17.4 Å². The van der Waals surface area contributed by atoms with Crippen molar-refractivity contribution in [3.8, 4) is 5.75 Å². The highest BCUT2D eigenvalue weighted by molar-refractivity contribution is 6.08. The van der Waals surface area contributed by atoms with E-state index in [1.165, 1.54) is 6.21 Å². The van der Waals surface area contributed by atoms with Gasteiger partial charge in [0, 0.05) is 42.8 Å².